The van der Waals surface area contributed by atoms with Crippen molar-refractivity contribution in [3.63, 3.8) is 0 Å². The summed E-state index contributed by atoms with van der Waals surface area (Å²) in [5.74, 6) is 0. The maximum absolute atomic E-state index is 3.66. The molecule has 86 valence electrons. The molecule has 0 heteroatoms. The molecule has 2 aliphatic rings. The second-order valence-corrected chi connectivity index (χ2v) is 5.54. The highest BCUT2D eigenvalue weighted by molar-refractivity contribution is 5.48. The van der Waals surface area contributed by atoms with Gasteiger partial charge in [-0.3, -0.25) is 0 Å². The zero-order chi connectivity index (χ0) is 11.9. The van der Waals surface area contributed by atoms with Gasteiger partial charge in [-0.1, -0.05) is 50.3 Å². The predicted octanol–water partition coefficient (Wildman–Crippen LogP) is 4.32. The molecule has 0 aromatic heterocycles. The maximum atomic E-state index is 3.66. The fourth-order valence-corrected chi connectivity index (χ4v) is 2.91. The van der Waals surface area contributed by atoms with Gasteiger partial charge in [-0.25, -0.2) is 0 Å². The van der Waals surface area contributed by atoms with Crippen molar-refractivity contribution < 1.29 is 0 Å². The first-order chi connectivity index (χ1) is 8.18. The van der Waals surface area contributed by atoms with Gasteiger partial charge in [-0.2, -0.15) is 0 Å². The van der Waals surface area contributed by atoms with Gasteiger partial charge in [-0.15, -0.1) is 5.73 Å². The van der Waals surface area contributed by atoms with Crippen molar-refractivity contribution in [1.82, 2.24) is 0 Å². The molecule has 0 saturated heterocycles. The van der Waals surface area contributed by atoms with E-state index in [0.717, 1.165) is 19.3 Å². The minimum absolute atomic E-state index is 0.0825. The van der Waals surface area contributed by atoms with Crippen LogP contribution in [0.2, 0.25) is 0 Å². The smallest absolute Gasteiger partial charge is 0.0222 e. The lowest BCUT2D eigenvalue weighted by atomic mass is 9.76. The molecule has 0 fully saturated rings. The summed E-state index contributed by atoms with van der Waals surface area (Å²) in [5.41, 5.74) is 9.49. The number of hydrogen-bond acceptors (Lipinski definition) is 0. The van der Waals surface area contributed by atoms with E-state index in [2.05, 4.69) is 56.0 Å². The van der Waals surface area contributed by atoms with Crippen LogP contribution in [0, 0.1) is 0 Å². The molecule has 0 spiro atoms. The summed E-state index contributed by atoms with van der Waals surface area (Å²) in [6.45, 7) is 4.62. The zero-order valence-corrected chi connectivity index (χ0v) is 10.6. The van der Waals surface area contributed by atoms with E-state index in [4.69, 9.17) is 0 Å². The van der Waals surface area contributed by atoms with Crippen LogP contribution in [0.3, 0.4) is 0 Å². The summed E-state index contributed by atoms with van der Waals surface area (Å²) in [4.78, 5) is 0. The molecule has 0 radical (unpaired) electrons. The molecular formula is C17H18. The number of fused-ring (bicyclic) bond motifs is 1. The summed E-state index contributed by atoms with van der Waals surface area (Å²) in [7, 11) is 0. The largest absolute Gasteiger partial charge is 0.117 e. The van der Waals surface area contributed by atoms with Gasteiger partial charge in [0.15, 0.2) is 0 Å². The Kier molecular flexibility index (Phi) is 2.34. The Labute approximate surface area is 103 Å². The van der Waals surface area contributed by atoms with Crippen LogP contribution in [-0.4, -0.2) is 0 Å². The Balaban J connectivity index is 2.26. The van der Waals surface area contributed by atoms with Gasteiger partial charge >= 0.3 is 0 Å². The Morgan fingerprint density at radius 3 is 2.88 bits per heavy atom. The van der Waals surface area contributed by atoms with E-state index >= 15 is 0 Å². The Morgan fingerprint density at radius 2 is 2.00 bits per heavy atom. The summed E-state index contributed by atoms with van der Waals surface area (Å²) in [6.07, 6.45) is 7.96. The second-order valence-electron chi connectivity index (χ2n) is 5.54. The van der Waals surface area contributed by atoms with E-state index in [-0.39, 0.29) is 5.41 Å². The number of hydrogen-bond donors (Lipinski definition) is 0. The molecule has 1 aromatic rings. The first-order valence-corrected chi connectivity index (χ1v) is 6.42. The van der Waals surface area contributed by atoms with Crippen molar-refractivity contribution in [2.75, 3.05) is 0 Å². The molecule has 3 rings (SSSR count). The molecule has 0 unspecified atom stereocenters. The quantitative estimate of drug-likeness (QED) is 0.573. The molecule has 1 aromatic carbocycles. The SMILES string of the molecule is CC1(C)C2=C=C(CCC=C2)Cc2ccccc21. The average Bonchev–Trinajstić information content (AvgIpc) is 2.60. The molecule has 17 heavy (non-hydrogen) atoms. The van der Waals surface area contributed by atoms with Crippen molar-refractivity contribution in [3.8, 4) is 0 Å². The Bertz CT molecular complexity index is 549. The summed E-state index contributed by atoms with van der Waals surface area (Å²) in [6, 6.07) is 8.85. The third kappa shape index (κ3) is 1.69. The summed E-state index contributed by atoms with van der Waals surface area (Å²) < 4.78 is 0. The van der Waals surface area contributed by atoms with Crippen LogP contribution in [0.5, 0.6) is 0 Å². The summed E-state index contributed by atoms with van der Waals surface area (Å²) >= 11 is 0. The van der Waals surface area contributed by atoms with Gasteiger partial charge in [-0.05, 0) is 29.5 Å². The van der Waals surface area contributed by atoms with Crippen LogP contribution in [-0.2, 0) is 11.8 Å². The Hall–Kier alpha value is -1.52. The first kappa shape index (κ1) is 10.6. The minimum atomic E-state index is 0.0825. The van der Waals surface area contributed by atoms with E-state index in [1.807, 2.05) is 0 Å². The summed E-state index contributed by atoms with van der Waals surface area (Å²) in [5, 5.41) is 0. The van der Waals surface area contributed by atoms with Gasteiger partial charge in [0.2, 0.25) is 0 Å². The zero-order valence-electron chi connectivity index (χ0n) is 10.6. The molecule has 2 aliphatic carbocycles. The highest BCUT2D eigenvalue weighted by Crippen LogP contribution is 2.38. The van der Waals surface area contributed by atoms with Gasteiger partial charge < -0.3 is 0 Å². The van der Waals surface area contributed by atoms with Crippen LogP contribution in [0.25, 0.3) is 0 Å². The molecule has 0 N–H and O–H groups in total. The van der Waals surface area contributed by atoms with Crippen molar-refractivity contribution in [2.45, 2.75) is 38.5 Å². The fraction of sp³-hybridized carbons (Fsp3) is 0.353. The molecule has 0 aliphatic heterocycles. The van der Waals surface area contributed by atoms with E-state index in [1.54, 1.807) is 0 Å². The van der Waals surface area contributed by atoms with E-state index < -0.39 is 0 Å². The lowest BCUT2D eigenvalue weighted by Gasteiger charge is -2.27. The fourth-order valence-electron chi connectivity index (χ4n) is 2.91. The topological polar surface area (TPSA) is 0 Å². The van der Waals surface area contributed by atoms with E-state index in [0.29, 0.717) is 0 Å². The minimum Gasteiger partial charge on any atom is -0.117 e. The van der Waals surface area contributed by atoms with Gasteiger partial charge in [0.25, 0.3) is 0 Å². The van der Waals surface area contributed by atoms with Crippen LogP contribution < -0.4 is 0 Å². The highest BCUT2D eigenvalue weighted by Gasteiger charge is 2.29. The lowest BCUT2D eigenvalue weighted by molar-refractivity contribution is 0.636. The van der Waals surface area contributed by atoms with Gasteiger partial charge in [0, 0.05) is 17.4 Å². The molecular weight excluding hydrogens is 204 g/mol. The van der Waals surface area contributed by atoms with Crippen molar-refractivity contribution in [1.29, 1.82) is 0 Å². The standard InChI is InChI=1S/C17H18/c1-17(2)15-9-5-3-7-13(12-15)11-14-8-4-6-10-16(14)17/h4-6,8-10H,3,7,11H2,1-2H3. The highest BCUT2D eigenvalue weighted by atomic mass is 14.3. The van der Waals surface area contributed by atoms with Crippen LogP contribution in [0.1, 0.15) is 37.8 Å². The molecule has 0 saturated carbocycles. The molecule has 0 atom stereocenters. The Morgan fingerprint density at radius 1 is 1.18 bits per heavy atom. The molecule has 0 heterocycles. The maximum Gasteiger partial charge on any atom is 0.0222 e. The number of benzene rings is 1. The average molecular weight is 222 g/mol. The monoisotopic (exact) mass is 222 g/mol. The van der Waals surface area contributed by atoms with Crippen LogP contribution in [0.4, 0.5) is 0 Å². The number of allylic oxidation sites excluding steroid dienone is 3. The number of rotatable bonds is 0. The van der Waals surface area contributed by atoms with Gasteiger partial charge in [0.05, 0.1) is 0 Å². The third-order valence-corrected chi connectivity index (χ3v) is 3.98. The lowest BCUT2D eigenvalue weighted by Crippen LogP contribution is -2.20. The normalized spacial score (nSPS) is 20.8. The van der Waals surface area contributed by atoms with Crippen molar-refractivity contribution in [3.05, 3.63) is 64.4 Å². The van der Waals surface area contributed by atoms with Crippen LogP contribution >= 0.6 is 0 Å². The van der Waals surface area contributed by atoms with Crippen LogP contribution in [0.15, 0.2) is 53.3 Å². The molecule has 0 amide bonds. The van der Waals surface area contributed by atoms with Crippen molar-refractivity contribution >= 4 is 0 Å². The third-order valence-electron chi connectivity index (χ3n) is 3.98. The predicted molar refractivity (Wildman–Crippen MR) is 72.1 cm³/mol. The van der Waals surface area contributed by atoms with Crippen molar-refractivity contribution in [2.24, 2.45) is 0 Å². The van der Waals surface area contributed by atoms with E-state index in [9.17, 15) is 0 Å². The van der Waals surface area contributed by atoms with E-state index in [1.165, 1.54) is 22.3 Å². The molecule has 0 nitrogen and oxygen atoms in total. The second kappa shape index (κ2) is 3.75. The molecule has 2 bridgehead atoms. The van der Waals surface area contributed by atoms with Gasteiger partial charge in [0.1, 0.15) is 0 Å². The first-order valence-electron chi connectivity index (χ1n) is 6.42.